The predicted octanol–water partition coefficient (Wildman–Crippen LogP) is 5.18. The number of esters is 1. The second kappa shape index (κ2) is 10.5. The van der Waals surface area contributed by atoms with Crippen molar-refractivity contribution in [2.75, 3.05) is 26.2 Å². The molecule has 2 aliphatic carbocycles. The summed E-state index contributed by atoms with van der Waals surface area (Å²) in [5, 5.41) is 0. The zero-order valence-corrected chi connectivity index (χ0v) is 16.2. The molecule has 25 heavy (non-hydrogen) atoms. The van der Waals surface area contributed by atoms with Crippen LogP contribution in [0.4, 0.5) is 0 Å². The number of likely N-dealkylation sites (tertiary alicyclic amines) is 1. The molecule has 0 aromatic heterocycles. The Labute approximate surface area is 154 Å². The molecule has 3 rings (SSSR count). The molecule has 0 aromatic rings. The van der Waals surface area contributed by atoms with Crippen molar-refractivity contribution in [3.05, 3.63) is 0 Å². The van der Waals surface area contributed by atoms with Gasteiger partial charge in [-0.25, -0.2) is 0 Å². The van der Waals surface area contributed by atoms with E-state index in [0.717, 1.165) is 6.54 Å². The number of ether oxygens (including phenoxy) is 1. The van der Waals surface area contributed by atoms with Crippen LogP contribution in [-0.4, -0.2) is 37.1 Å². The maximum Gasteiger partial charge on any atom is 0.309 e. The van der Waals surface area contributed by atoms with Crippen LogP contribution in [0.1, 0.15) is 89.9 Å². The van der Waals surface area contributed by atoms with E-state index in [0.29, 0.717) is 18.4 Å². The Morgan fingerprint density at radius 2 is 1.24 bits per heavy atom. The minimum atomic E-state index is 0.147. The van der Waals surface area contributed by atoms with Crippen LogP contribution in [0.25, 0.3) is 0 Å². The molecule has 3 nitrogen and oxygen atoms in total. The molecule has 0 bridgehead atoms. The Morgan fingerprint density at radius 3 is 1.76 bits per heavy atom. The summed E-state index contributed by atoms with van der Waals surface area (Å²) < 4.78 is 5.87. The highest BCUT2D eigenvalue weighted by Gasteiger charge is 2.37. The Kier molecular flexibility index (Phi) is 8.10. The molecule has 3 aliphatic rings. The van der Waals surface area contributed by atoms with Crippen molar-refractivity contribution in [1.29, 1.82) is 0 Å². The molecular formula is C22H39NO2. The third kappa shape index (κ3) is 5.98. The molecule has 2 saturated carbocycles. The summed E-state index contributed by atoms with van der Waals surface area (Å²) in [5.41, 5.74) is 0. The average Bonchev–Trinajstić information content (AvgIpc) is 2.93. The van der Waals surface area contributed by atoms with Gasteiger partial charge >= 0.3 is 5.97 Å². The number of nitrogens with zero attached hydrogens (tertiary/aromatic N) is 1. The highest BCUT2D eigenvalue weighted by atomic mass is 16.5. The van der Waals surface area contributed by atoms with Gasteiger partial charge in [0.1, 0.15) is 6.61 Å². The number of hydrogen-bond acceptors (Lipinski definition) is 3. The van der Waals surface area contributed by atoms with E-state index in [4.69, 9.17) is 4.74 Å². The summed E-state index contributed by atoms with van der Waals surface area (Å²) in [7, 11) is 0. The number of carbonyl (C=O) groups excluding carboxylic acids is 1. The molecular weight excluding hydrogens is 310 g/mol. The monoisotopic (exact) mass is 349 g/mol. The molecule has 0 amide bonds. The van der Waals surface area contributed by atoms with Crippen molar-refractivity contribution < 1.29 is 9.53 Å². The second-order valence-corrected chi connectivity index (χ2v) is 8.75. The van der Waals surface area contributed by atoms with Crippen LogP contribution in [-0.2, 0) is 9.53 Å². The largest absolute Gasteiger partial charge is 0.464 e. The summed E-state index contributed by atoms with van der Waals surface area (Å²) in [6.07, 6.45) is 18.3. The Hall–Kier alpha value is -0.570. The lowest BCUT2D eigenvalue weighted by molar-refractivity contribution is -0.154. The van der Waals surface area contributed by atoms with E-state index >= 15 is 0 Å². The van der Waals surface area contributed by atoms with Crippen molar-refractivity contribution in [3.63, 3.8) is 0 Å². The molecule has 3 heteroatoms. The molecule has 0 atom stereocenters. The molecule has 0 N–H and O–H groups in total. The molecule has 1 aliphatic heterocycles. The Balaban J connectivity index is 1.50. The summed E-state index contributed by atoms with van der Waals surface area (Å²) in [6, 6.07) is 0. The Bertz CT molecular complexity index is 359. The van der Waals surface area contributed by atoms with Crippen molar-refractivity contribution in [2.45, 2.75) is 89.9 Å². The third-order valence-electron chi connectivity index (χ3n) is 6.94. The van der Waals surface area contributed by atoms with Crippen LogP contribution in [0.2, 0.25) is 0 Å². The van der Waals surface area contributed by atoms with Crippen LogP contribution in [0, 0.1) is 17.8 Å². The predicted molar refractivity (Wildman–Crippen MR) is 103 cm³/mol. The lowest BCUT2D eigenvalue weighted by atomic mass is 9.69. The van der Waals surface area contributed by atoms with E-state index in [2.05, 4.69) is 4.90 Å². The molecule has 144 valence electrons. The zero-order valence-electron chi connectivity index (χ0n) is 16.2. The fraction of sp³-hybridized carbons (Fsp3) is 0.955. The van der Waals surface area contributed by atoms with Gasteiger partial charge in [0.2, 0.25) is 0 Å². The molecule has 0 radical (unpaired) electrons. The van der Waals surface area contributed by atoms with Crippen LogP contribution in [0.5, 0.6) is 0 Å². The first-order valence-corrected chi connectivity index (χ1v) is 11.2. The number of hydrogen-bond donors (Lipinski definition) is 0. The molecule has 3 fully saturated rings. The van der Waals surface area contributed by atoms with E-state index in [1.165, 1.54) is 103 Å². The SMILES string of the molecule is O=C(OCCN1CCCCCC1)C(C1CCCCC1)C1CCCCC1. The van der Waals surface area contributed by atoms with Gasteiger partial charge in [0.05, 0.1) is 5.92 Å². The van der Waals surface area contributed by atoms with Crippen LogP contribution >= 0.6 is 0 Å². The van der Waals surface area contributed by atoms with Crippen molar-refractivity contribution in [3.8, 4) is 0 Å². The minimum Gasteiger partial charge on any atom is -0.464 e. The second-order valence-electron chi connectivity index (χ2n) is 8.75. The minimum absolute atomic E-state index is 0.147. The highest BCUT2D eigenvalue weighted by Crippen LogP contribution is 2.40. The fourth-order valence-corrected chi connectivity index (χ4v) is 5.49. The first-order chi connectivity index (χ1) is 12.3. The molecule has 1 saturated heterocycles. The normalized spacial score (nSPS) is 25.0. The van der Waals surface area contributed by atoms with Gasteiger partial charge in [-0.3, -0.25) is 9.69 Å². The van der Waals surface area contributed by atoms with Crippen LogP contribution in [0.3, 0.4) is 0 Å². The van der Waals surface area contributed by atoms with E-state index in [1.54, 1.807) is 0 Å². The van der Waals surface area contributed by atoms with E-state index in [9.17, 15) is 4.79 Å². The van der Waals surface area contributed by atoms with Gasteiger partial charge in [0.15, 0.2) is 0 Å². The Morgan fingerprint density at radius 1 is 0.760 bits per heavy atom. The van der Waals surface area contributed by atoms with E-state index < -0.39 is 0 Å². The van der Waals surface area contributed by atoms with Gasteiger partial charge in [0, 0.05) is 6.54 Å². The fourth-order valence-electron chi connectivity index (χ4n) is 5.49. The van der Waals surface area contributed by atoms with E-state index in [1.807, 2.05) is 0 Å². The topological polar surface area (TPSA) is 29.5 Å². The summed E-state index contributed by atoms with van der Waals surface area (Å²) in [4.78, 5) is 15.5. The van der Waals surface area contributed by atoms with Crippen molar-refractivity contribution in [1.82, 2.24) is 4.90 Å². The maximum atomic E-state index is 13.0. The maximum absolute atomic E-state index is 13.0. The van der Waals surface area contributed by atoms with Gasteiger partial charge in [-0.15, -0.1) is 0 Å². The summed E-state index contributed by atoms with van der Waals surface area (Å²) in [5.74, 6) is 1.54. The van der Waals surface area contributed by atoms with Gasteiger partial charge in [-0.1, -0.05) is 51.4 Å². The smallest absolute Gasteiger partial charge is 0.309 e. The molecule has 0 unspecified atom stereocenters. The first-order valence-electron chi connectivity index (χ1n) is 11.2. The van der Waals surface area contributed by atoms with Crippen LogP contribution < -0.4 is 0 Å². The van der Waals surface area contributed by atoms with Crippen molar-refractivity contribution >= 4 is 5.97 Å². The summed E-state index contributed by atoms with van der Waals surface area (Å²) >= 11 is 0. The molecule has 0 spiro atoms. The van der Waals surface area contributed by atoms with Crippen molar-refractivity contribution in [2.24, 2.45) is 17.8 Å². The molecule has 1 heterocycles. The molecule has 0 aromatic carbocycles. The van der Waals surface area contributed by atoms with Gasteiger partial charge in [-0.2, -0.15) is 0 Å². The standard InChI is InChI=1S/C22H39NO2/c24-22(25-18-17-23-15-9-1-2-10-16-23)21(19-11-5-3-6-12-19)20-13-7-4-8-14-20/h19-21H,1-18H2. The quantitative estimate of drug-likeness (QED) is 0.619. The lowest BCUT2D eigenvalue weighted by Gasteiger charge is -2.36. The van der Waals surface area contributed by atoms with Crippen LogP contribution in [0.15, 0.2) is 0 Å². The number of rotatable bonds is 6. The highest BCUT2D eigenvalue weighted by molar-refractivity contribution is 5.73. The summed E-state index contributed by atoms with van der Waals surface area (Å²) in [6.45, 7) is 3.92. The van der Waals surface area contributed by atoms with Gasteiger partial charge in [-0.05, 0) is 63.5 Å². The third-order valence-corrected chi connectivity index (χ3v) is 6.94. The number of carbonyl (C=O) groups is 1. The first kappa shape index (κ1) is 19.2. The zero-order chi connectivity index (χ0) is 17.3. The van der Waals surface area contributed by atoms with E-state index in [-0.39, 0.29) is 11.9 Å². The van der Waals surface area contributed by atoms with Gasteiger partial charge < -0.3 is 4.74 Å². The lowest BCUT2D eigenvalue weighted by Crippen LogP contribution is -2.36. The average molecular weight is 350 g/mol. The van der Waals surface area contributed by atoms with Gasteiger partial charge in [0.25, 0.3) is 0 Å².